The molecular weight excluding hydrogens is 238 g/mol. The van der Waals surface area contributed by atoms with Crippen molar-refractivity contribution in [3.63, 3.8) is 0 Å². The van der Waals surface area contributed by atoms with Crippen LogP contribution in [0, 0.1) is 0 Å². The number of nitrogens with zero attached hydrogens (tertiary/aromatic N) is 3. The van der Waals surface area contributed by atoms with Gasteiger partial charge < -0.3 is 4.74 Å². The summed E-state index contributed by atoms with van der Waals surface area (Å²) in [5, 5.41) is 8.00. The molecule has 2 rings (SSSR count). The lowest BCUT2D eigenvalue weighted by atomic mass is 10.3. The first-order chi connectivity index (χ1) is 8.38. The van der Waals surface area contributed by atoms with Crippen LogP contribution in [0.1, 0.15) is 5.69 Å². The van der Waals surface area contributed by atoms with Crippen LogP contribution in [0.4, 0.5) is 0 Å². The Kier molecular flexibility index (Phi) is 4.38. The number of alkyl halides is 1. The summed E-state index contributed by atoms with van der Waals surface area (Å²) in [6.07, 6.45) is 2.65. The largest absolute Gasteiger partial charge is 0.492 e. The fraction of sp³-hybridized carbons (Fsp3) is 0.333. The third-order valence-corrected chi connectivity index (χ3v) is 2.46. The molecule has 0 amide bonds. The molecular formula is C12H14ClN3O. The molecule has 0 atom stereocenters. The van der Waals surface area contributed by atoms with Gasteiger partial charge in [0.15, 0.2) is 0 Å². The number of aryl methyl sites for hydroxylation is 1. The smallest absolute Gasteiger partial charge is 0.119 e. The molecule has 1 aromatic heterocycles. The van der Waals surface area contributed by atoms with Crippen molar-refractivity contribution in [2.75, 3.05) is 12.5 Å². The van der Waals surface area contributed by atoms with Crippen LogP contribution in [0.5, 0.6) is 5.75 Å². The second kappa shape index (κ2) is 6.25. The highest BCUT2D eigenvalue weighted by Crippen LogP contribution is 2.08. The van der Waals surface area contributed by atoms with E-state index in [1.54, 1.807) is 4.68 Å². The van der Waals surface area contributed by atoms with Crippen LogP contribution in [0.2, 0.25) is 0 Å². The minimum Gasteiger partial charge on any atom is -0.492 e. The zero-order valence-corrected chi connectivity index (χ0v) is 10.2. The molecule has 0 saturated heterocycles. The summed E-state index contributed by atoms with van der Waals surface area (Å²) < 4.78 is 7.33. The quantitative estimate of drug-likeness (QED) is 0.739. The Morgan fingerprint density at radius 1 is 1.24 bits per heavy atom. The number of ether oxygens (including phenoxy) is 1. The second-order valence-electron chi connectivity index (χ2n) is 3.57. The number of aromatic nitrogens is 3. The number of hydrogen-bond acceptors (Lipinski definition) is 3. The third kappa shape index (κ3) is 3.75. The Labute approximate surface area is 105 Å². The molecule has 0 bridgehead atoms. The van der Waals surface area contributed by atoms with E-state index in [0.29, 0.717) is 19.0 Å². The molecule has 2 aromatic rings. The maximum atomic E-state index is 5.63. The summed E-state index contributed by atoms with van der Waals surface area (Å²) in [6.45, 7) is 1.26. The van der Waals surface area contributed by atoms with Gasteiger partial charge >= 0.3 is 0 Å². The van der Waals surface area contributed by atoms with Gasteiger partial charge in [-0.25, -0.2) is 4.68 Å². The summed E-state index contributed by atoms with van der Waals surface area (Å²) in [5.74, 6) is 1.44. The van der Waals surface area contributed by atoms with Gasteiger partial charge in [-0.15, -0.1) is 16.7 Å². The van der Waals surface area contributed by atoms with Crippen molar-refractivity contribution in [2.24, 2.45) is 0 Å². The van der Waals surface area contributed by atoms with Crippen molar-refractivity contribution in [3.05, 3.63) is 42.2 Å². The lowest BCUT2D eigenvalue weighted by Crippen LogP contribution is -2.08. The second-order valence-corrected chi connectivity index (χ2v) is 3.95. The Morgan fingerprint density at radius 2 is 2.06 bits per heavy atom. The SMILES string of the molecule is ClCCc1cn(CCOc2ccccc2)nn1. The highest BCUT2D eigenvalue weighted by molar-refractivity contribution is 6.17. The summed E-state index contributed by atoms with van der Waals surface area (Å²) >= 11 is 5.63. The molecule has 0 spiro atoms. The van der Waals surface area contributed by atoms with Crippen molar-refractivity contribution in [1.82, 2.24) is 15.0 Å². The molecule has 90 valence electrons. The molecule has 5 heteroatoms. The molecule has 0 aliphatic rings. The summed E-state index contributed by atoms with van der Waals surface area (Å²) in [4.78, 5) is 0. The number of rotatable bonds is 6. The highest BCUT2D eigenvalue weighted by Gasteiger charge is 2.00. The van der Waals surface area contributed by atoms with Gasteiger partial charge in [-0.2, -0.15) is 0 Å². The van der Waals surface area contributed by atoms with E-state index >= 15 is 0 Å². The van der Waals surface area contributed by atoms with Gasteiger partial charge in [0.25, 0.3) is 0 Å². The summed E-state index contributed by atoms with van der Waals surface area (Å²) in [6, 6.07) is 9.72. The van der Waals surface area contributed by atoms with Gasteiger partial charge in [0, 0.05) is 18.5 Å². The fourth-order valence-corrected chi connectivity index (χ4v) is 1.63. The van der Waals surface area contributed by atoms with Crippen LogP contribution in [0.3, 0.4) is 0 Å². The molecule has 0 aliphatic heterocycles. The van der Waals surface area contributed by atoms with Crippen molar-refractivity contribution in [3.8, 4) is 5.75 Å². The van der Waals surface area contributed by atoms with Crippen molar-refractivity contribution in [1.29, 1.82) is 0 Å². The van der Waals surface area contributed by atoms with E-state index in [9.17, 15) is 0 Å². The fourth-order valence-electron chi connectivity index (χ4n) is 1.43. The van der Waals surface area contributed by atoms with Crippen LogP contribution >= 0.6 is 11.6 Å². The molecule has 1 aromatic carbocycles. The Bertz CT molecular complexity index is 444. The summed E-state index contributed by atoms with van der Waals surface area (Å²) in [7, 11) is 0. The number of benzene rings is 1. The molecule has 0 unspecified atom stereocenters. The van der Waals surface area contributed by atoms with E-state index < -0.39 is 0 Å². The van der Waals surface area contributed by atoms with E-state index in [1.807, 2.05) is 36.5 Å². The highest BCUT2D eigenvalue weighted by atomic mass is 35.5. The minimum atomic E-state index is 0.569. The van der Waals surface area contributed by atoms with E-state index in [-0.39, 0.29) is 0 Å². The standard InChI is InChI=1S/C12H14ClN3O/c13-7-6-11-10-16(15-14-11)8-9-17-12-4-2-1-3-5-12/h1-5,10H,6-9H2. The third-order valence-electron chi connectivity index (χ3n) is 2.27. The zero-order chi connectivity index (χ0) is 11.9. The van der Waals surface area contributed by atoms with Gasteiger partial charge in [-0.3, -0.25) is 0 Å². The summed E-state index contributed by atoms with van der Waals surface area (Å²) in [5.41, 5.74) is 0.916. The normalized spacial score (nSPS) is 10.4. The number of hydrogen-bond donors (Lipinski definition) is 0. The molecule has 17 heavy (non-hydrogen) atoms. The molecule has 0 fully saturated rings. The first-order valence-corrected chi connectivity index (χ1v) is 6.05. The van der Waals surface area contributed by atoms with Gasteiger partial charge in [0.1, 0.15) is 12.4 Å². The average Bonchev–Trinajstić information content (AvgIpc) is 2.79. The molecule has 1 heterocycles. The first-order valence-electron chi connectivity index (χ1n) is 5.51. The minimum absolute atomic E-state index is 0.569. The van der Waals surface area contributed by atoms with Gasteiger partial charge in [0.2, 0.25) is 0 Å². The van der Waals surface area contributed by atoms with Crippen LogP contribution in [-0.2, 0) is 13.0 Å². The van der Waals surface area contributed by atoms with Crippen molar-refractivity contribution < 1.29 is 4.74 Å². The number of halogens is 1. The van der Waals surface area contributed by atoms with Gasteiger partial charge in [0.05, 0.1) is 12.2 Å². The molecule has 0 saturated carbocycles. The van der Waals surface area contributed by atoms with E-state index in [1.165, 1.54) is 0 Å². The predicted octanol–water partition coefficient (Wildman–Crippen LogP) is 2.14. The lowest BCUT2D eigenvalue weighted by Gasteiger charge is -2.04. The maximum absolute atomic E-state index is 5.63. The van der Waals surface area contributed by atoms with Crippen LogP contribution < -0.4 is 4.74 Å². The molecule has 4 nitrogen and oxygen atoms in total. The molecule has 0 aliphatic carbocycles. The molecule has 0 radical (unpaired) electrons. The monoisotopic (exact) mass is 251 g/mol. The average molecular weight is 252 g/mol. The first kappa shape index (κ1) is 11.9. The van der Waals surface area contributed by atoms with Crippen LogP contribution in [-0.4, -0.2) is 27.5 Å². The van der Waals surface area contributed by atoms with Crippen LogP contribution in [0.15, 0.2) is 36.5 Å². The Balaban J connectivity index is 1.78. The Hall–Kier alpha value is -1.55. The van der Waals surface area contributed by atoms with Crippen molar-refractivity contribution >= 4 is 11.6 Å². The lowest BCUT2D eigenvalue weighted by molar-refractivity contribution is 0.289. The molecule has 0 N–H and O–H groups in total. The van der Waals surface area contributed by atoms with Gasteiger partial charge in [-0.1, -0.05) is 23.4 Å². The topological polar surface area (TPSA) is 39.9 Å². The van der Waals surface area contributed by atoms with Gasteiger partial charge in [-0.05, 0) is 12.1 Å². The predicted molar refractivity (Wildman–Crippen MR) is 66.4 cm³/mol. The van der Waals surface area contributed by atoms with E-state index in [0.717, 1.165) is 17.9 Å². The van der Waals surface area contributed by atoms with Crippen molar-refractivity contribution in [2.45, 2.75) is 13.0 Å². The van der Waals surface area contributed by atoms with E-state index in [4.69, 9.17) is 16.3 Å². The van der Waals surface area contributed by atoms with Crippen LogP contribution in [0.25, 0.3) is 0 Å². The zero-order valence-electron chi connectivity index (χ0n) is 9.42. The van der Waals surface area contributed by atoms with E-state index in [2.05, 4.69) is 10.3 Å². The Morgan fingerprint density at radius 3 is 2.82 bits per heavy atom. The number of para-hydroxylation sites is 1. The maximum Gasteiger partial charge on any atom is 0.119 e.